The maximum absolute atomic E-state index is 12.3. The maximum atomic E-state index is 12.3. The van der Waals surface area contributed by atoms with E-state index < -0.39 is 17.2 Å². The molecule has 1 aliphatic heterocycles. The summed E-state index contributed by atoms with van der Waals surface area (Å²) in [5.41, 5.74) is 3.44. The predicted octanol–water partition coefficient (Wildman–Crippen LogP) is 5.65. The van der Waals surface area contributed by atoms with Crippen LogP contribution in [-0.4, -0.2) is 33.2 Å². The zero-order valence-corrected chi connectivity index (χ0v) is 20.7. The van der Waals surface area contributed by atoms with Crippen LogP contribution in [0.15, 0.2) is 42.6 Å². The molecule has 1 amide bonds. The number of aromatic nitrogens is 2. The first-order valence-corrected chi connectivity index (χ1v) is 11.9. The number of ether oxygens (including phenoxy) is 2. The summed E-state index contributed by atoms with van der Waals surface area (Å²) in [4.78, 5) is 12.3. The van der Waals surface area contributed by atoms with Gasteiger partial charge in [0.05, 0.1) is 17.7 Å². The molecule has 7 nitrogen and oxygen atoms in total. The van der Waals surface area contributed by atoms with Crippen molar-refractivity contribution in [1.29, 1.82) is 0 Å². The third-order valence-electron chi connectivity index (χ3n) is 6.16. The fourth-order valence-electron chi connectivity index (χ4n) is 4.39. The number of amides is 1. The summed E-state index contributed by atoms with van der Waals surface area (Å²) in [6.07, 6.45) is 4.66. The molecule has 182 valence electrons. The van der Waals surface area contributed by atoms with Gasteiger partial charge in [-0.25, -0.2) is 9.48 Å². The quantitative estimate of drug-likeness (QED) is 0.508. The molecular weight excluding hydrogens is 430 g/mol. The molecule has 1 aliphatic rings. The third kappa shape index (κ3) is 5.26. The summed E-state index contributed by atoms with van der Waals surface area (Å²) in [6, 6.07) is 12.0. The number of alkyl carbamates (subject to hydrolysis) is 1. The minimum absolute atomic E-state index is 0.0462. The van der Waals surface area contributed by atoms with Crippen molar-refractivity contribution in [2.45, 2.75) is 77.9 Å². The molecule has 3 aromatic rings. The highest BCUT2D eigenvalue weighted by Gasteiger charge is 2.26. The highest BCUT2D eigenvalue weighted by Crippen LogP contribution is 2.33. The van der Waals surface area contributed by atoms with Crippen molar-refractivity contribution < 1.29 is 19.4 Å². The summed E-state index contributed by atoms with van der Waals surface area (Å²) in [6.45, 7) is 10.1. The largest absolute Gasteiger partial charge is 0.444 e. The molecule has 1 atom stereocenters. The van der Waals surface area contributed by atoms with Crippen molar-refractivity contribution >= 4 is 17.0 Å². The Morgan fingerprint density at radius 2 is 1.88 bits per heavy atom. The molecule has 1 aromatic heterocycles. The summed E-state index contributed by atoms with van der Waals surface area (Å²) in [7, 11) is 0. The Kier molecular flexibility index (Phi) is 6.69. The number of nitrogens with zero attached hydrogens (tertiary/aromatic N) is 2. The number of aliphatic hydroxyl groups excluding tert-OH is 1. The van der Waals surface area contributed by atoms with Gasteiger partial charge >= 0.3 is 6.09 Å². The molecule has 34 heavy (non-hydrogen) atoms. The van der Waals surface area contributed by atoms with Crippen LogP contribution in [0.1, 0.15) is 71.2 Å². The zero-order valence-electron chi connectivity index (χ0n) is 20.7. The van der Waals surface area contributed by atoms with Crippen LogP contribution in [0.2, 0.25) is 0 Å². The highest BCUT2D eigenvalue weighted by molar-refractivity contribution is 5.89. The third-order valence-corrected chi connectivity index (χ3v) is 6.16. The van der Waals surface area contributed by atoms with Gasteiger partial charge < -0.3 is 19.9 Å². The Morgan fingerprint density at radius 3 is 2.50 bits per heavy atom. The fourth-order valence-corrected chi connectivity index (χ4v) is 4.39. The average molecular weight is 466 g/mol. The first-order chi connectivity index (χ1) is 16.1. The molecule has 2 heterocycles. The molecule has 0 bridgehead atoms. The lowest BCUT2D eigenvalue weighted by atomic mass is 9.91. The highest BCUT2D eigenvalue weighted by atomic mass is 16.6. The van der Waals surface area contributed by atoms with Crippen LogP contribution >= 0.6 is 0 Å². The number of hydrogen-bond acceptors (Lipinski definition) is 5. The lowest BCUT2D eigenvalue weighted by molar-refractivity contribution is -0.0390. The van der Waals surface area contributed by atoms with Crippen LogP contribution in [0, 0.1) is 0 Å². The number of benzene rings is 2. The second-order valence-corrected chi connectivity index (χ2v) is 10.4. The number of hydrogen-bond donors (Lipinski definition) is 2. The Labute approximate surface area is 201 Å². The summed E-state index contributed by atoms with van der Waals surface area (Å²) in [5, 5.41) is 18.8. The minimum atomic E-state index is -0.605. The molecule has 0 aliphatic carbocycles. The lowest BCUT2D eigenvalue weighted by Crippen LogP contribution is -2.43. The van der Waals surface area contributed by atoms with E-state index >= 15 is 0 Å². The average Bonchev–Trinajstić information content (AvgIpc) is 3.22. The summed E-state index contributed by atoms with van der Waals surface area (Å²) >= 11 is 0. The molecular formula is C27H35N3O4. The van der Waals surface area contributed by atoms with Gasteiger partial charge in [0, 0.05) is 18.2 Å². The normalized spacial score (nSPS) is 17.1. The van der Waals surface area contributed by atoms with Crippen LogP contribution in [0.3, 0.4) is 0 Å². The van der Waals surface area contributed by atoms with Gasteiger partial charge in [0.2, 0.25) is 0 Å². The number of carbonyl (C=O) groups excluding carboxylic acids is 1. The first-order valence-electron chi connectivity index (χ1n) is 11.9. The van der Waals surface area contributed by atoms with Crippen LogP contribution in [0.25, 0.3) is 22.0 Å². The Bertz CT molecular complexity index is 1150. The first kappa shape index (κ1) is 24.2. The maximum Gasteiger partial charge on any atom is 0.408 e. The van der Waals surface area contributed by atoms with Crippen molar-refractivity contribution in [2.75, 3.05) is 6.61 Å². The van der Waals surface area contributed by atoms with Gasteiger partial charge in [-0.2, -0.15) is 5.10 Å². The Hall–Kier alpha value is -2.90. The number of nitrogens with one attached hydrogen (secondary N) is 1. The SMILES string of the molecule is CC(C)(C)OC(=O)NC(C)(C)c1ccc(-c2ccc3nn(C4CCCCO4)cc3c2CO)cc1. The smallest absolute Gasteiger partial charge is 0.408 e. The Morgan fingerprint density at radius 1 is 1.15 bits per heavy atom. The van der Waals surface area contributed by atoms with Gasteiger partial charge in [-0.15, -0.1) is 0 Å². The molecule has 0 saturated carbocycles. The number of rotatable bonds is 5. The van der Waals surface area contributed by atoms with Gasteiger partial charge in [-0.1, -0.05) is 30.3 Å². The van der Waals surface area contributed by atoms with E-state index in [9.17, 15) is 9.90 Å². The van der Waals surface area contributed by atoms with Crippen LogP contribution in [0.5, 0.6) is 0 Å². The number of fused-ring (bicyclic) bond motifs is 1. The molecule has 2 N–H and O–H groups in total. The van der Waals surface area contributed by atoms with Gasteiger partial charge in [0.1, 0.15) is 11.8 Å². The van der Waals surface area contributed by atoms with Gasteiger partial charge in [-0.3, -0.25) is 0 Å². The number of aliphatic hydroxyl groups is 1. The van der Waals surface area contributed by atoms with Gasteiger partial charge in [0.25, 0.3) is 0 Å². The topological polar surface area (TPSA) is 85.6 Å². The van der Waals surface area contributed by atoms with E-state index in [-0.39, 0.29) is 12.8 Å². The van der Waals surface area contributed by atoms with Gasteiger partial charge in [-0.05, 0) is 82.2 Å². The monoisotopic (exact) mass is 465 g/mol. The van der Waals surface area contributed by atoms with E-state index in [0.717, 1.165) is 59.0 Å². The van der Waals surface area contributed by atoms with Crippen molar-refractivity contribution in [3.63, 3.8) is 0 Å². The molecule has 0 spiro atoms. The van der Waals surface area contributed by atoms with E-state index in [4.69, 9.17) is 14.6 Å². The second kappa shape index (κ2) is 9.39. The summed E-state index contributed by atoms with van der Waals surface area (Å²) in [5.74, 6) is 0. The van der Waals surface area contributed by atoms with Crippen molar-refractivity contribution in [3.8, 4) is 11.1 Å². The standard InChI is InChI=1S/C27H35N3O4/c1-26(2,3)34-25(32)28-27(4,5)19-11-9-18(10-12-19)20-13-14-23-21(22(20)17-31)16-30(29-23)24-8-6-7-15-33-24/h9-14,16,24,31H,6-8,15,17H2,1-5H3,(H,28,32). The van der Waals surface area contributed by atoms with Crippen molar-refractivity contribution in [1.82, 2.24) is 15.1 Å². The van der Waals surface area contributed by atoms with Crippen LogP contribution in [0.4, 0.5) is 4.79 Å². The van der Waals surface area contributed by atoms with E-state index in [0.29, 0.717) is 0 Å². The molecule has 0 radical (unpaired) electrons. The molecule has 7 heteroatoms. The predicted molar refractivity (Wildman–Crippen MR) is 132 cm³/mol. The molecule has 1 saturated heterocycles. The van der Waals surface area contributed by atoms with E-state index in [1.165, 1.54) is 0 Å². The number of carbonyl (C=O) groups is 1. The molecule has 4 rings (SSSR count). The molecule has 1 unspecified atom stereocenters. The lowest BCUT2D eigenvalue weighted by Gasteiger charge is -2.29. The Balaban J connectivity index is 1.59. The second-order valence-electron chi connectivity index (χ2n) is 10.4. The van der Waals surface area contributed by atoms with Crippen molar-refractivity contribution in [3.05, 3.63) is 53.7 Å². The fraction of sp³-hybridized carbons (Fsp3) is 0.481. The minimum Gasteiger partial charge on any atom is -0.444 e. The summed E-state index contributed by atoms with van der Waals surface area (Å²) < 4.78 is 13.2. The zero-order chi connectivity index (χ0) is 24.5. The van der Waals surface area contributed by atoms with E-state index in [2.05, 4.69) is 5.32 Å². The van der Waals surface area contributed by atoms with Gasteiger partial charge in [0.15, 0.2) is 0 Å². The van der Waals surface area contributed by atoms with E-state index in [1.54, 1.807) is 0 Å². The van der Waals surface area contributed by atoms with Crippen LogP contribution < -0.4 is 5.32 Å². The van der Waals surface area contributed by atoms with Crippen molar-refractivity contribution in [2.24, 2.45) is 0 Å². The van der Waals surface area contributed by atoms with E-state index in [1.807, 2.05) is 81.9 Å². The van der Waals surface area contributed by atoms with Crippen LogP contribution in [-0.2, 0) is 21.6 Å². The molecule has 2 aromatic carbocycles. The molecule has 1 fully saturated rings.